The summed E-state index contributed by atoms with van der Waals surface area (Å²) in [4.78, 5) is 16.1. The molecular weight excluding hydrogens is 290 g/mol. The molecule has 0 saturated heterocycles. The maximum absolute atomic E-state index is 12.2. The summed E-state index contributed by atoms with van der Waals surface area (Å²) in [6.45, 7) is 1.80. The Balaban J connectivity index is 2.33. The summed E-state index contributed by atoms with van der Waals surface area (Å²) in [5, 5.41) is 12.0. The third-order valence-corrected chi connectivity index (χ3v) is 3.03. The summed E-state index contributed by atoms with van der Waals surface area (Å²) in [6.07, 6.45) is 0. The number of aryl methyl sites for hydroxylation is 1. The number of nitriles is 1. The van der Waals surface area contributed by atoms with E-state index in [0.29, 0.717) is 11.3 Å². The van der Waals surface area contributed by atoms with Crippen molar-refractivity contribution in [2.75, 3.05) is 10.7 Å². The second-order valence-electron chi connectivity index (χ2n) is 4.27. The molecule has 2 aromatic rings. The zero-order chi connectivity index (χ0) is 15.4. The second kappa shape index (κ2) is 6.22. The molecule has 0 spiro atoms. The van der Waals surface area contributed by atoms with E-state index >= 15 is 0 Å². The minimum Gasteiger partial charge on any atom is -0.321 e. The number of nitrogens with one attached hydrogen (secondary N) is 2. The largest absolute Gasteiger partial charge is 0.321 e. The molecule has 21 heavy (non-hydrogen) atoms. The van der Waals surface area contributed by atoms with E-state index in [0.717, 1.165) is 5.56 Å². The second-order valence-corrected chi connectivity index (χ2v) is 4.66. The van der Waals surface area contributed by atoms with Gasteiger partial charge in [0.2, 0.25) is 0 Å². The molecule has 0 radical (unpaired) electrons. The number of carbonyl (C=O) groups is 1. The number of amides is 1. The van der Waals surface area contributed by atoms with E-state index < -0.39 is 5.91 Å². The number of benzene rings is 1. The summed E-state index contributed by atoms with van der Waals surface area (Å²) >= 11 is 5.82. The topological polar surface area (TPSA) is 104 Å². The van der Waals surface area contributed by atoms with Crippen LogP contribution in [0, 0.1) is 18.3 Å². The lowest BCUT2D eigenvalue weighted by atomic mass is 10.1. The molecule has 1 aromatic carbocycles. The molecule has 106 valence electrons. The quantitative estimate of drug-likeness (QED) is 0.459. The molecule has 0 aliphatic rings. The van der Waals surface area contributed by atoms with Crippen molar-refractivity contribution in [2.24, 2.45) is 5.84 Å². The monoisotopic (exact) mass is 301 g/mol. The Hall–Kier alpha value is -2.62. The number of aromatic nitrogens is 1. The number of hydrogen-bond acceptors (Lipinski definition) is 5. The Morgan fingerprint density at radius 2 is 2.19 bits per heavy atom. The van der Waals surface area contributed by atoms with E-state index in [4.69, 9.17) is 22.7 Å². The third kappa shape index (κ3) is 3.28. The first kappa shape index (κ1) is 14.8. The molecule has 7 heteroatoms. The highest BCUT2D eigenvalue weighted by Gasteiger charge is 2.12. The number of hydrogen-bond donors (Lipinski definition) is 3. The van der Waals surface area contributed by atoms with Gasteiger partial charge in [-0.1, -0.05) is 23.7 Å². The molecule has 0 bridgehead atoms. The van der Waals surface area contributed by atoms with Crippen molar-refractivity contribution < 1.29 is 4.79 Å². The van der Waals surface area contributed by atoms with Crippen LogP contribution in [-0.4, -0.2) is 10.9 Å². The molecule has 0 saturated carbocycles. The van der Waals surface area contributed by atoms with Crippen LogP contribution in [0.1, 0.15) is 21.5 Å². The Bertz CT molecular complexity index is 739. The molecule has 1 aromatic heterocycles. The van der Waals surface area contributed by atoms with Crippen molar-refractivity contribution in [3.63, 3.8) is 0 Å². The predicted octanol–water partition coefficient (Wildman–Crippen LogP) is 2.45. The van der Waals surface area contributed by atoms with Crippen LogP contribution in [0.2, 0.25) is 5.15 Å². The molecule has 0 unspecified atom stereocenters. The average Bonchev–Trinajstić information content (AvgIpc) is 2.46. The van der Waals surface area contributed by atoms with Crippen LogP contribution >= 0.6 is 11.6 Å². The van der Waals surface area contributed by atoms with Gasteiger partial charge in [0.05, 0.1) is 11.3 Å². The molecule has 0 atom stereocenters. The Morgan fingerprint density at radius 1 is 1.43 bits per heavy atom. The highest BCUT2D eigenvalue weighted by Crippen LogP contribution is 2.20. The minimum atomic E-state index is -0.405. The first-order valence-electron chi connectivity index (χ1n) is 6.00. The Morgan fingerprint density at radius 3 is 2.86 bits per heavy atom. The lowest BCUT2D eigenvalue weighted by Gasteiger charge is -2.09. The lowest BCUT2D eigenvalue weighted by molar-refractivity contribution is 0.102. The van der Waals surface area contributed by atoms with Gasteiger partial charge in [-0.2, -0.15) is 5.26 Å². The van der Waals surface area contributed by atoms with Crippen LogP contribution in [0.4, 0.5) is 11.5 Å². The Labute approximate surface area is 126 Å². The van der Waals surface area contributed by atoms with Gasteiger partial charge >= 0.3 is 0 Å². The molecule has 6 nitrogen and oxygen atoms in total. The normalized spacial score (nSPS) is 9.81. The standard InChI is InChI=1S/C14H12ClN5O/c1-8-3-2-4-11(10(8)7-16)18-14(21)9-5-12(15)19-13(6-9)20-17/h2-6H,17H2,1H3,(H,18,21)(H,19,20). The van der Waals surface area contributed by atoms with E-state index in [1.165, 1.54) is 12.1 Å². The molecule has 0 aliphatic heterocycles. The highest BCUT2D eigenvalue weighted by atomic mass is 35.5. The summed E-state index contributed by atoms with van der Waals surface area (Å²) in [7, 11) is 0. The maximum Gasteiger partial charge on any atom is 0.255 e. The summed E-state index contributed by atoms with van der Waals surface area (Å²) < 4.78 is 0. The van der Waals surface area contributed by atoms with Gasteiger partial charge in [0.1, 0.15) is 17.0 Å². The van der Waals surface area contributed by atoms with Gasteiger partial charge in [0, 0.05) is 5.56 Å². The van der Waals surface area contributed by atoms with Gasteiger partial charge in [-0.15, -0.1) is 0 Å². The highest BCUT2D eigenvalue weighted by molar-refractivity contribution is 6.30. The number of anilines is 2. The number of nitrogen functional groups attached to an aromatic ring is 1. The zero-order valence-electron chi connectivity index (χ0n) is 11.1. The molecule has 0 fully saturated rings. The maximum atomic E-state index is 12.2. The SMILES string of the molecule is Cc1cccc(NC(=O)c2cc(Cl)nc(NN)c2)c1C#N. The van der Waals surface area contributed by atoms with Crippen molar-refractivity contribution in [1.29, 1.82) is 5.26 Å². The fourth-order valence-corrected chi connectivity index (χ4v) is 2.03. The number of rotatable bonds is 3. The Kier molecular flexibility index (Phi) is 4.38. The first-order chi connectivity index (χ1) is 10.0. The summed E-state index contributed by atoms with van der Waals surface area (Å²) in [6, 6.07) is 10.2. The lowest BCUT2D eigenvalue weighted by Crippen LogP contribution is -2.15. The van der Waals surface area contributed by atoms with Gasteiger partial charge in [-0.05, 0) is 30.7 Å². The number of hydrazine groups is 1. The van der Waals surface area contributed by atoms with Crippen LogP contribution in [0.15, 0.2) is 30.3 Å². The van der Waals surface area contributed by atoms with E-state index in [9.17, 15) is 4.79 Å². The van der Waals surface area contributed by atoms with Gasteiger partial charge in [-0.25, -0.2) is 10.8 Å². The van der Waals surface area contributed by atoms with Gasteiger partial charge in [0.15, 0.2) is 0 Å². The predicted molar refractivity (Wildman–Crippen MR) is 80.9 cm³/mol. The smallest absolute Gasteiger partial charge is 0.255 e. The fraction of sp³-hybridized carbons (Fsp3) is 0.0714. The molecule has 0 aliphatic carbocycles. The van der Waals surface area contributed by atoms with Gasteiger partial charge in [0.25, 0.3) is 5.91 Å². The summed E-state index contributed by atoms with van der Waals surface area (Å²) in [5.41, 5.74) is 4.26. The number of nitrogens with two attached hydrogens (primary N) is 1. The molecule has 1 amide bonds. The zero-order valence-corrected chi connectivity index (χ0v) is 11.9. The van der Waals surface area contributed by atoms with E-state index in [2.05, 4.69) is 21.8 Å². The van der Waals surface area contributed by atoms with Gasteiger partial charge in [-0.3, -0.25) is 4.79 Å². The first-order valence-corrected chi connectivity index (χ1v) is 6.38. The van der Waals surface area contributed by atoms with Crippen LogP contribution in [0.25, 0.3) is 0 Å². The van der Waals surface area contributed by atoms with Crippen molar-refractivity contribution in [2.45, 2.75) is 6.92 Å². The number of nitrogens with zero attached hydrogens (tertiary/aromatic N) is 2. The molecule has 2 rings (SSSR count). The third-order valence-electron chi connectivity index (χ3n) is 2.84. The fourth-order valence-electron chi connectivity index (χ4n) is 1.82. The molecule has 4 N–H and O–H groups in total. The number of carbonyl (C=O) groups excluding carboxylic acids is 1. The number of halogens is 1. The molecular formula is C14H12ClN5O. The van der Waals surface area contributed by atoms with E-state index in [-0.39, 0.29) is 16.5 Å². The van der Waals surface area contributed by atoms with E-state index in [1.54, 1.807) is 25.1 Å². The van der Waals surface area contributed by atoms with Crippen molar-refractivity contribution >= 4 is 29.0 Å². The van der Waals surface area contributed by atoms with Crippen LogP contribution < -0.4 is 16.6 Å². The number of pyridine rings is 1. The average molecular weight is 302 g/mol. The van der Waals surface area contributed by atoms with Gasteiger partial charge < -0.3 is 10.7 Å². The van der Waals surface area contributed by atoms with Crippen molar-refractivity contribution in [1.82, 2.24) is 4.98 Å². The van der Waals surface area contributed by atoms with Crippen LogP contribution in [0.3, 0.4) is 0 Å². The van der Waals surface area contributed by atoms with Crippen LogP contribution in [0.5, 0.6) is 0 Å². The minimum absolute atomic E-state index is 0.139. The van der Waals surface area contributed by atoms with Crippen LogP contribution in [-0.2, 0) is 0 Å². The molecule has 1 heterocycles. The van der Waals surface area contributed by atoms with E-state index in [1.807, 2.05) is 0 Å². The van der Waals surface area contributed by atoms with Crippen molar-refractivity contribution in [3.05, 3.63) is 52.2 Å². The van der Waals surface area contributed by atoms with Crippen molar-refractivity contribution in [3.8, 4) is 6.07 Å². The summed E-state index contributed by atoms with van der Waals surface area (Å²) in [5.74, 6) is 5.13.